The minimum atomic E-state index is -4.83. The number of anilines is 2. The summed E-state index contributed by atoms with van der Waals surface area (Å²) >= 11 is 0. The third-order valence-electron chi connectivity index (χ3n) is 4.62. The summed E-state index contributed by atoms with van der Waals surface area (Å²) in [6.45, 7) is -0.140. The minimum Gasteiger partial charge on any atom is -0.368 e. The Bertz CT molecular complexity index is 999. The minimum absolute atomic E-state index is 0.109. The zero-order valence-corrected chi connectivity index (χ0v) is 15.8. The number of nitrogens with zero attached hydrogens (tertiary/aromatic N) is 1. The number of halogens is 5. The van der Waals surface area contributed by atoms with Crippen LogP contribution in [0.3, 0.4) is 0 Å². The van der Waals surface area contributed by atoms with Crippen molar-refractivity contribution in [1.29, 1.82) is 0 Å². The topological polar surface area (TPSA) is 106 Å². The molecule has 2 heterocycles. The number of primary amides is 1. The lowest BCUT2D eigenvalue weighted by Crippen LogP contribution is -2.41. The predicted molar refractivity (Wildman–Crippen MR) is 97.8 cm³/mol. The predicted octanol–water partition coefficient (Wildman–Crippen LogP) is 2.63. The highest BCUT2D eigenvalue weighted by molar-refractivity contribution is 5.89. The van der Waals surface area contributed by atoms with E-state index in [1.54, 1.807) is 0 Å². The molecule has 31 heavy (non-hydrogen) atoms. The Kier molecular flexibility index (Phi) is 6.39. The van der Waals surface area contributed by atoms with Gasteiger partial charge in [-0.1, -0.05) is 0 Å². The number of alkyl halides is 3. The van der Waals surface area contributed by atoms with Crippen LogP contribution >= 0.6 is 0 Å². The van der Waals surface area contributed by atoms with Crippen molar-refractivity contribution in [2.75, 3.05) is 11.9 Å². The van der Waals surface area contributed by atoms with Crippen LogP contribution in [0.15, 0.2) is 30.5 Å². The van der Waals surface area contributed by atoms with E-state index in [1.807, 2.05) is 0 Å². The number of hydrogen-bond donors (Lipinski definition) is 3. The van der Waals surface area contributed by atoms with Gasteiger partial charge in [0.25, 0.3) is 0 Å². The molecule has 2 amide bonds. The first-order valence-electron chi connectivity index (χ1n) is 9.03. The van der Waals surface area contributed by atoms with Crippen LogP contribution in [0, 0.1) is 17.6 Å². The Morgan fingerprint density at radius 2 is 1.97 bits per heavy atom. The summed E-state index contributed by atoms with van der Waals surface area (Å²) in [5, 5.41) is 4.79. The molecule has 2 atom stereocenters. The van der Waals surface area contributed by atoms with E-state index in [1.165, 1.54) is 0 Å². The fraction of sp³-hybridized carbons (Fsp3) is 0.316. The van der Waals surface area contributed by atoms with Gasteiger partial charge in [-0.25, -0.2) is 8.78 Å². The van der Waals surface area contributed by atoms with E-state index >= 15 is 0 Å². The zero-order valence-electron chi connectivity index (χ0n) is 15.8. The number of benzene rings is 1. The Balaban J connectivity index is 1.69. The monoisotopic (exact) mass is 444 g/mol. The van der Waals surface area contributed by atoms with E-state index in [-0.39, 0.29) is 31.0 Å². The zero-order chi connectivity index (χ0) is 22.8. The second kappa shape index (κ2) is 8.84. The highest BCUT2D eigenvalue weighted by Crippen LogP contribution is 2.36. The molecule has 1 aromatic heterocycles. The molecule has 1 aromatic carbocycles. The Morgan fingerprint density at radius 1 is 1.23 bits per heavy atom. The van der Waals surface area contributed by atoms with Gasteiger partial charge < -0.3 is 21.1 Å². The molecule has 12 heteroatoms. The van der Waals surface area contributed by atoms with Crippen molar-refractivity contribution in [3.8, 4) is 0 Å². The van der Waals surface area contributed by atoms with Crippen LogP contribution in [-0.4, -0.2) is 29.5 Å². The molecule has 0 spiro atoms. The third kappa shape index (κ3) is 5.26. The molecule has 0 bridgehead atoms. The van der Waals surface area contributed by atoms with Crippen LogP contribution in [-0.2, 0) is 27.0 Å². The van der Waals surface area contributed by atoms with Crippen molar-refractivity contribution >= 4 is 23.2 Å². The SMILES string of the molecule is NC(=O)C1OCCC1C(=O)NCc1ncc(Nc2ccc(F)cc2C(F)(F)F)cc1F. The smallest absolute Gasteiger partial charge is 0.368 e. The van der Waals surface area contributed by atoms with E-state index in [0.29, 0.717) is 6.07 Å². The Labute approximate surface area is 172 Å². The molecule has 2 aromatic rings. The van der Waals surface area contributed by atoms with E-state index in [9.17, 15) is 31.5 Å². The molecule has 166 valence electrons. The summed E-state index contributed by atoms with van der Waals surface area (Å²) in [6.07, 6.45) is -4.55. The van der Waals surface area contributed by atoms with Gasteiger partial charge in [0.15, 0.2) is 0 Å². The maximum Gasteiger partial charge on any atom is 0.418 e. The highest BCUT2D eigenvalue weighted by Gasteiger charge is 2.38. The van der Waals surface area contributed by atoms with Crippen LogP contribution in [0.4, 0.5) is 33.3 Å². The maximum atomic E-state index is 14.3. The van der Waals surface area contributed by atoms with Crippen LogP contribution in [0.1, 0.15) is 17.7 Å². The number of amides is 2. The van der Waals surface area contributed by atoms with Gasteiger partial charge in [0.2, 0.25) is 11.8 Å². The third-order valence-corrected chi connectivity index (χ3v) is 4.62. The average molecular weight is 444 g/mol. The molecule has 2 unspecified atom stereocenters. The van der Waals surface area contributed by atoms with Gasteiger partial charge in [-0.3, -0.25) is 14.6 Å². The van der Waals surface area contributed by atoms with Crippen molar-refractivity contribution < 1.29 is 36.3 Å². The number of nitrogens with two attached hydrogens (primary N) is 1. The molecule has 7 nitrogen and oxygen atoms in total. The fourth-order valence-corrected chi connectivity index (χ4v) is 3.12. The van der Waals surface area contributed by atoms with Gasteiger partial charge >= 0.3 is 6.18 Å². The second-order valence-electron chi connectivity index (χ2n) is 6.77. The van der Waals surface area contributed by atoms with Crippen LogP contribution in [0.2, 0.25) is 0 Å². The summed E-state index contributed by atoms with van der Waals surface area (Å²) in [6, 6.07) is 2.92. The van der Waals surface area contributed by atoms with Gasteiger partial charge in [0.05, 0.1) is 41.3 Å². The summed E-state index contributed by atoms with van der Waals surface area (Å²) in [5.41, 5.74) is 3.15. The largest absolute Gasteiger partial charge is 0.418 e. The normalized spacial score (nSPS) is 18.6. The molecule has 0 aliphatic carbocycles. The van der Waals surface area contributed by atoms with Crippen LogP contribution in [0.5, 0.6) is 0 Å². The number of rotatable bonds is 6. The molecule has 1 aliphatic heterocycles. The standard InChI is InChI=1S/C19H17F5N4O3/c20-9-1-2-14(12(5-9)19(22,23)24)28-10-6-13(21)15(26-7-10)8-27-18(30)11-3-4-31-16(11)17(25)29/h1-2,5-7,11,16,28H,3-4,8H2,(H2,25,29)(H,27,30). The van der Waals surface area contributed by atoms with Gasteiger partial charge in [-0.2, -0.15) is 13.2 Å². The molecule has 3 rings (SSSR count). The van der Waals surface area contributed by atoms with E-state index < -0.39 is 52.9 Å². The Hall–Kier alpha value is -3.28. The summed E-state index contributed by atoms with van der Waals surface area (Å²) in [4.78, 5) is 27.3. The maximum absolute atomic E-state index is 14.3. The van der Waals surface area contributed by atoms with E-state index in [0.717, 1.165) is 24.4 Å². The van der Waals surface area contributed by atoms with Gasteiger partial charge in [0.1, 0.15) is 17.7 Å². The molecule has 1 saturated heterocycles. The first-order chi connectivity index (χ1) is 14.6. The first kappa shape index (κ1) is 22.4. The number of ether oxygens (including phenoxy) is 1. The second-order valence-corrected chi connectivity index (χ2v) is 6.77. The van der Waals surface area contributed by atoms with Crippen molar-refractivity contribution in [2.45, 2.75) is 25.2 Å². The number of carbonyl (C=O) groups is 2. The number of nitrogens with one attached hydrogen (secondary N) is 2. The average Bonchev–Trinajstić information content (AvgIpc) is 3.18. The van der Waals surface area contributed by atoms with Gasteiger partial charge in [0, 0.05) is 12.7 Å². The van der Waals surface area contributed by atoms with Gasteiger partial charge in [-0.15, -0.1) is 0 Å². The lowest BCUT2D eigenvalue weighted by atomic mass is 10.00. The molecule has 1 aliphatic rings. The number of aromatic nitrogens is 1. The molecule has 1 fully saturated rings. The van der Waals surface area contributed by atoms with Crippen LogP contribution in [0.25, 0.3) is 0 Å². The van der Waals surface area contributed by atoms with E-state index in [2.05, 4.69) is 15.6 Å². The Morgan fingerprint density at radius 3 is 2.61 bits per heavy atom. The molecular weight excluding hydrogens is 427 g/mol. The van der Waals surface area contributed by atoms with Crippen LogP contribution < -0.4 is 16.4 Å². The lowest BCUT2D eigenvalue weighted by molar-refractivity contribution is -0.137. The molecule has 4 N–H and O–H groups in total. The van der Waals surface area contributed by atoms with Crippen molar-refractivity contribution in [1.82, 2.24) is 10.3 Å². The summed E-state index contributed by atoms with van der Waals surface area (Å²) < 4.78 is 71.9. The van der Waals surface area contributed by atoms with Crippen molar-refractivity contribution in [2.24, 2.45) is 11.7 Å². The fourth-order valence-electron chi connectivity index (χ4n) is 3.12. The lowest BCUT2D eigenvalue weighted by Gasteiger charge is -2.16. The number of carbonyl (C=O) groups excluding carboxylic acids is 2. The summed E-state index contributed by atoms with van der Waals surface area (Å²) in [7, 11) is 0. The van der Waals surface area contributed by atoms with Crippen molar-refractivity contribution in [3.63, 3.8) is 0 Å². The highest BCUT2D eigenvalue weighted by atomic mass is 19.4. The summed E-state index contributed by atoms with van der Waals surface area (Å²) in [5.74, 6) is -4.11. The van der Waals surface area contributed by atoms with E-state index in [4.69, 9.17) is 10.5 Å². The molecule has 0 radical (unpaired) electrons. The van der Waals surface area contributed by atoms with Crippen molar-refractivity contribution in [3.05, 3.63) is 53.4 Å². The quantitative estimate of drug-likeness (QED) is 0.594. The van der Waals surface area contributed by atoms with Gasteiger partial charge in [-0.05, 0) is 24.6 Å². The first-order valence-corrected chi connectivity index (χ1v) is 9.03. The number of hydrogen-bond acceptors (Lipinski definition) is 5. The molecule has 0 saturated carbocycles. The number of pyridine rings is 1. The molecular formula is C19H17F5N4O3.